The highest BCUT2D eigenvalue weighted by molar-refractivity contribution is 4.71. The monoisotopic (exact) mass is 280 g/mol. The smallest absolute Gasteiger partial charge is 0.305 e. The van der Waals surface area contributed by atoms with Gasteiger partial charge in [0.15, 0.2) is 6.10 Å². The first-order valence-electron chi connectivity index (χ1n) is 3.80. The Labute approximate surface area is 88.2 Å². The number of hydrogen-bond acceptors (Lipinski definition) is 2. The van der Waals surface area contributed by atoms with Gasteiger partial charge in [0.1, 0.15) is 13.0 Å². The second kappa shape index (κ2) is 5.29. The minimum absolute atomic E-state index is 1.99. The summed E-state index contributed by atoms with van der Waals surface area (Å²) < 4.78 is 109. The first kappa shape index (κ1) is 16.3. The van der Waals surface area contributed by atoms with Gasteiger partial charge in [-0.15, -0.1) is 0 Å². The molecule has 0 saturated carbocycles. The Kier molecular flexibility index (Phi) is 5.07. The molecule has 0 aromatic carbocycles. The quantitative estimate of drug-likeness (QED) is 0.719. The van der Waals surface area contributed by atoms with Crippen molar-refractivity contribution in [2.45, 2.75) is 31.0 Å². The van der Waals surface area contributed by atoms with E-state index < -0.39 is 37.6 Å². The van der Waals surface area contributed by atoms with Crippen LogP contribution < -0.4 is 0 Å². The van der Waals surface area contributed by atoms with Crippen molar-refractivity contribution >= 4 is 0 Å². The lowest BCUT2D eigenvalue weighted by molar-refractivity contribution is -0.362. The second-order valence-corrected chi connectivity index (χ2v) is 2.85. The van der Waals surface area contributed by atoms with E-state index in [4.69, 9.17) is 0 Å². The molecule has 0 fully saturated rings. The summed E-state index contributed by atoms with van der Waals surface area (Å²) in [5.41, 5.74) is 0. The van der Waals surface area contributed by atoms with Crippen LogP contribution in [0.2, 0.25) is 0 Å². The minimum atomic E-state index is -5.49. The Morgan fingerprint density at radius 2 is 1.35 bits per heavy atom. The van der Waals surface area contributed by atoms with E-state index in [9.17, 15) is 39.6 Å². The van der Waals surface area contributed by atoms with Gasteiger partial charge >= 0.3 is 18.5 Å². The minimum Gasteiger partial charge on any atom is -0.305 e. The lowest BCUT2D eigenvalue weighted by Gasteiger charge is -2.25. The number of halogens is 9. The van der Waals surface area contributed by atoms with Crippen molar-refractivity contribution in [3.63, 3.8) is 0 Å². The maximum Gasteiger partial charge on any atom is 0.417 e. The van der Waals surface area contributed by atoms with E-state index in [1.54, 1.807) is 0 Å². The van der Waals surface area contributed by atoms with E-state index in [1.165, 1.54) is 0 Å². The van der Waals surface area contributed by atoms with Crippen molar-refractivity contribution in [1.29, 1.82) is 0 Å². The molecule has 104 valence electrons. The Morgan fingerprint density at radius 1 is 0.882 bits per heavy atom. The first-order valence-corrected chi connectivity index (χ1v) is 3.80. The summed E-state index contributed by atoms with van der Waals surface area (Å²) in [5, 5.41) is 0. The highest BCUT2D eigenvalue weighted by Crippen LogP contribution is 2.36. The van der Waals surface area contributed by atoms with Crippen molar-refractivity contribution in [2.75, 3.05) is 6.61 Å². The van der Waals surface area contributed by atoms with Crippen molar-refractivity contribution in [3.8, 4) is 0 Å². The SMILES string of the molecule is FOCC(OC(F)(F)CC(F)(F)F)C(F)(F)F. The fourth-order valence-corrected chi connectivity index (χ4v) is 0.736. The molecule has 1 unspecified atom stereocenters. The van der Waals surface area contributed by atoms with Gasteiger partial charge in [0.25, 0.3) is 0 Å². The molecular weight excluding hydrogens is 275 g/mol. The standard InChI is InChI=1S/C6H5F9O2/c7-4(8,9)2-5(10,11)17-3(1-16-15)6(12,13)14/h3H,1-2H2. The highest BCUT2D eigenvalue weighted by Gasteiger charge is 2.52. The molecule has 0 aliphatic rings. The van der Waals surface area contributed by atoms with Crippen LogP contribution in [0.5, 0.6) is 0 Å². The molecule has 0 bridgehead atoms. The molecule has 0 amide bonds. The molecule has 17 heavy (non-hydrogen) atoms. The Hall–Kier alpha value is -0.710. The average Bonchev–Trinajstić information content (AvgIpc) is 1.96. The number of hydrogen-bond donors (Lipinski definition) is 0. The Bertz CT molecular complexity index is 233. The zero-order chi connectivity index (χ0) is 13.9. The zero-order valence-electron chi connectivity index (χ0n) is 7.71. The van der Waals surface area contributed by atoms with Crippen LogP contribution in [0.3, 0.4) is 0 Å². The fraction of sp³-hybridized carbons (Fsp3) is 1.00. The van der Waals surface area contributed by atoms with E-state index in [0.29, 0.717) is 0 Å². The highest BCUT2D eigenvalue weighted by atomic mass is 19.4. The molecule has 11 heteroatoms. The van der Waals surface area contributed by atoms with E-state index in [-0.39, 0.29) is 0 Å². The summed E-state index contributed by atoms with van der Waals surface area (Å²) in [6.07, 6.45) is -22.5. The number of rotatable bonds is 5. The molecule has 0 spiro atoms. The van der Waals surface area contributed by atoms with Crippen LogP contribution >= 0.6 is 0 Å². The lowest BCUT2D eigenvalue weighted by atomic mass is 10.3. The topological polar surface area (TPSA) is 18.5 Å². The molecule has 0 aromatic heterocycles. The van der Waals surface area contributed by atoms with E-state index >= 15 is 0 Å². The molecule has 0 aliphatic heterocycles. The van der Waals surface area contributed by atoms with Crippen LogP contribution in [0.25, 0.3) is 0 Å². The molecule has 0 heterocycles. The van der Waals surface area contributed by atoms with Crippen molar-refractivity contribution < 1.29 is 49.3 Å². The van der Waals surface area contributed by atoms with Gasteiger partial charge in [0.2, 0.25) is 0 Å². The van der Waals surface area contributed by atoms with Gasteiger partial charge in [-0.2, -0.15) is 40.1 Å². The molecule has 0 aromatic rings. The van der Waals surface area contributed by atoms with Crippen LogP contribution in [0.15, 0.2) is 0 Å². The molecule has 0 radical (unpaired) electrons. The maximum atomic E-state index is 12.4. The Balaban J connectivity index is 4.64. The fourth-order valence-electron chi connectivity index (χ4n) is 0.736. The summed E-state index contributed by atoms with van der Waals surface area (Å²) in [5.74, 6) is 0. The van der Waals surface area contributed by atoms with Gasteiger partial charge in [0.05, 0.1) is 0 Å². The molecule has 2 nitrogen and oxygen atoms in total. The predicted octanol–water partition coefficient (Wildman–Crippen LogP) is 3.38. The summed E-state index contributed by atoms with van der Waals surface area (Å²) >= 11 is 0. The van der Waals surface area contributed by atoms with E-state index in [1.807, 2.05) is 0 Å². The van der Waals surface area contributed by atoms with Crippen molar-refractivity contribution in [2.24, 2.45) is 0 Å². The van der Waals surface area contributed by atoms with Gasteiger partial charge in [-0.1, -0.05) is 0 Å². The van der Waals surface area contributed by atoms with Crippen LogP contribution in [0, 0.1) is 0 Å². The summed E-state index contributed by atoms with van der Waals surface area (Å²) in [6.45, 7) is -1.99. The lowest BCUT2D eigenvalue weighted by Crippen LogP contribution is -2.42. The summed E-state index contributed by atoms with van der Waals surface area (Å²) in [4.78, 5) is 2.45. The van der Waals surface area contributed by atoms with Crippen LogP contribution in [0.4, 0.5) is 39.6 Å². The second-order valence-electron chi connectivity index (χ2n) is 2.85. The van der Waals surface area contributed by atoms with Gasteiger partial charge in [-0.25, -0.2) is 0 Å². The molecule has 0 saturated heterocycles. The normalized spacial score (nSPS) is 16.1. The van der Waals surface area contributed by atoms with Crippen LogP contribution in [-0.4, -0.2) is 31.2 Å². The van der Waals surface area contributed by atoms with Gasteiger partial charge in [-0.05, 0) is 4.53 Å². The third kappa shape index (κ3) is 7.26. The molecule has 0 aliphatic carbocycles. The molecule has 0 rings (SSSR count). The third-order valence-electron chi connectivity index (χ3n) is 1.30. The van der Waals surface area contributed by atoms with Gasteiger partial charge < -0.3 is 4.74 Å². The first-order chi connectivity index (χ1) is 7.37. The molecular formula is C6H5F9O2. The largest absolute Gasteiger partial charge is 0.417 e. The molecule has 0 N–H and O–H groups in total. The van der Waals surface area contributed by atoms with Crippen LogP contribution in [0.1, 0.15) is 6.42 Å². The predicted molar refractivity (Wildman–Crippen MR) is 33.6 cm³/mol. The maximum absolute atomic E-state index is 12.4. The van der Waals surface area contributed by atoms with Crippen molar-refractivity contribution in [1.82, 2.24) is 0 Å². The summed E-state index contributed by atoms with van der Waals surface area (Å²) in [6, 6.07) is 0. The zero-order valence-corrected chi connectivity index (χ0v) is 7.71. The number of alkyl halides is 8. The van der Waals surface area contributed by atoms with Crippen molar-refractivity contribution in [3.05, 3.63) is 0 Å². The molecule has 1 atom stereocenters. The van der Waals surface area contributed by atoms with Crippen LogP contribution in [-0.2, 0) is 9.68 Å². The Morgan fingerprint density at radius 3 is 1.65 bits per heavy atom. The van der Waals surface area contributed by atoms with Gasteiger partial charge in [-0.3, -0.25) is 0 Å². The average molecular weight is 280 g/mol. The van der Waals surface area contributed by atoms with Gasteiger partial charge in [0, 0.05) is 0 Å². The number of ether oxygens (including phenoxy) is 1. The van der Waals surface area contributed by atoms with E-state index in [2.05, 4.69) is 9.68 Å². The third-order valence-corrected chi connectivity index (χ3v) is 1.30. The van der Waals surface area contributed by atoms with E-state index in [0.717, 1.165) is 0 Å². The summed E-state index contributed by atoms with van der Waals surface area (Å²) in [7, 11) is 0.